The van der Waals surface area contributed by atoms with E-state index in [-0.39, 0.29) is 5.54 Å². The summed E-state index contributed by atoms with van der Waals surface area (Å²) in [6.07, 6.45) is 0. The van der Waals surface area contributed by atoms with Crippen molar-refractivity contribution in [2.24, 2.45) is 0 Å². The van der Waals surface area contributed by atoms with Gasteiger partial charge in [-0.3, -0.25) is 4.68 Å². The predicted molar refractivity (Wildman–Crippen MR) is 91.5 cm³/mol. The summed E-state index contributed by atoms with van der Waals surface area (Å²) in [6, 6.07) is 8.75. The van der Waals surface area contributed by atoms with Gasteiger partial charge in [-0.05, 0) is 61.7 Å². The van der Waals surface area contributed by atoms with Gasteiger partial charge in [-0.1, -0.05) is 24.3 Å². The van der Waals surface area contributed by atoms with Crippen LogP contribution in [0.25, 0.3) is 0 Å². The van der Waals surface area contributed by atoms with Gasteiger partial charge in [0.1, 0.15) is 0 Å². The molecule has 0 saturated heterocycles. The molecule has 0 aliphatic rings. The Morgan fingerprint density at radius 2 is 1.67 bits per heavy atom. The summed E-state index contributed by atoms with van der Waals surface area (Å²) < 4.78 is 3.15. The maximum atomic E-state index is 4.55. The van der Waals surface area contributed by atoms with Crippen LogP contribution < -0.4 is 5.32 Å². The van der Waals surface area contributed by atoms with Gasteiger partial charge >= 0.3 is 0 Å². The summed E-state index contributed by atoms with van der Waals surface area (Å²) in [5, 5.41) is 8.06. The molecule has 0 amide bonds. The minimum absolute atomic E-state index is 0.147. The fourth-order valence-corrected chi connectivity index (χ4v) is 2.42. The first-order valence-electron chi connectivity index (χ1n) is 7.28. The Balaban J connectivity index is 2.04. The first-order chi connectivity index (χ1) is 9.76. The normalized spacial score (nSPS) is 11.9. The Morgan fingerprint density at radius 1 is 1.10 bits per heavy atom. The average molecular weight is 350 g/mol. The summed E-state index contributed by atoms with van der Waals surface area (Å²) in [5.41, 5.74) is 4.94. The van der Waals surface area contributed by atoms with Crippen LogP contribution in [0, 0.1) is 13.8 Å². The second-order valence-electron chi connectivity index (χ2n) is 6.56. The van der Waals surface area contributed by atoms with Gasteiger partial charge in [0.25, 0.3) is 0 Å². The van der Waals surface area contributed by atoms with Gasteiger partial charge in [0, 0.05) is 12.1 Å². The molecule has 0 saturated carbocycles. The number of halogens is 1. The van der Waals surface area contributed by atoms with Gasteiger partial charge in [0.15, 0.2) is 0 Å². The number of aromatic nitrogens is 2. The van der Waals surface area contributed by atoms with E-state index in [0.717, 1.165) is 23.3 Å². The topological polar surface area (TPSA) is 29.9 Å². The molecule has 0 fully saturated rings. The zero-order valence-electron chi connectivity index (χ0n) is 13.5. The molecule has 1 aromatic heterocycles. The number of nitrogens with zero attached hydrogens (tertiary/aromatic N) is 2. The second-order valence-corrected chi connectivity index (χ2v) is 7.36. The lowest BCUT2D eigenvalue weighted by Gasteiger charge is -2.20. The molecule has 0 aliphatic heterocycles. The second kappa shape index (κ2) is 6.32. The Bertz CT molecular complexity index is 606. The molecule has 2 rings (SSSR count). The van der Waals surface area contributed by atoms with Crippen LogP contribution in [-0.2, 0) is 13.1 Å². The molecule has 4 heteroatoms. The Kier molecular flexibility index (Phi) is 4.89. The minimum Gasteiger partial charge on any atom is -0.308 e. The lowest BCUT2D eigenvalue weighted by Crippen LogP contribution is -2.35. The third-order valence-corrected chi connectivity index (χ3v) is 4.62. The molecular formula is C17H24BrN3. The molecule has 0 bridgehead atoms. The van der Waals surface area contributed by atoms with Crippen LogP contribution >= 0.6 is 15.9 Å². The molecule has 0 unspecified atom stereocenters. The molecule has 114 valence electrons. The van der Waals surface area contributed by atoms with Crippen LogP contribution in [0.5, 0.6) is 0 Å². The third kappa shape index (κ3) is 4.42. The fourth-order valence-electron chi connectivity index (χ4n) is 2.13. The maximum absolute atomic E-state index is 4.55. The van der Waals surface area contributed by atoms with Crippen molar-refractivity contribution in [1.82, 2.24) is 15.1 Å². The molecule has 0 spiro atoms. The number of hydrogen-bond donors (Lipinski definition) is 1. The first-order valence-corrected chi connectivity index (χ1v) is 8.08. The van der Waals surface area contributed by atoms with Crippen LogP contribution in [0.2, 0.25) is 0 Å². The summed E-state index contributed by atoms with van der Waals surface area (Å²) >= 11 is 3.57. The highest BCUT2D eigenvalue weighted by molar-refractivity contribution is 9.10. The Morgan fingerprint density at radius 3 is 2.14 bits per heavy atom. The molecule has 2 aromatic rings. The molecule has 21 heavy (non-hydrogen) atoms. The fraction of sp³-hybridized carbons (Fsp3) is 0.471. The van der Waals surface area contributed by atoms with Gasteiger partial charge in [-0.2, -0.15) is 5.10 Å². The Hall–Kier alpha value is -1.13. The average Bonchev–Trinajstić information content (AvgIpc) is 2.65. The molecule has 0 atom stereocenters. The molecular weight excluding hydrogens is 326 g/mol. The van der Waals surface area contributed by atoms with E-state index in [1.54, 1.807) is 0 Å². The highest BCUT2D eigenvalue weighted by Crippen LogP contribution is 2.20. The number of aryl methyl sites for hydroxylation is 1. The van der Waals surface area contributed by atoms with Crippen molar-refractivity contribution >= 4 is 15.9 Å². The quantitative estimate of drug-likeness (QED) is 0.896. The lowest BCUT2D eigenvalue weighted by molar-refractivity contribution is 0.424. The van der Waals surface area contributed by atoms with Crippen molar-refractivity contribution < 1.29 is 0 Å². The molecule has 0 radical (unpaired) electrons. The number of hydrogen-bond acceptors (Lipinski definition) is 2. The van der Waals surface area contributed by atoms with Crippen LogP contribution in [0.3, 0.4) is 0 Å². The van der Waals surface area contributed by atoms with E-state index in [1.165, 1.54) is 16.8 Å². The van der Waals surface area contributed by atoms with Gasteiger partial charge in [0.05, 0.1) is 22.4 Å². The van der Waals surface area contributed by atoms with Crippen LogP contribution in [0.4, 0.5) is 0 Å². The van der Waals surface area contributed by atoms with E-state index in [9.17, 15) is 0 Å². The smallest absolute Gasteiger partial charge is 0.0738 e. The van der Waals surface area contributed by atoms with Gasteiger partial charge < -0.3 is 5.32 Å². The van der Waals surface area contributed by atoms with E-state index in [1.807, 2.05) is 11.6 Å². The maximum Gasteiger partial charge on any atom is 0.0738 e. The standard InChI is InChI=1S/C17H24BrN3/c1-12-16(18)13(2)21(20-12)11-15-8-6-14(7-9-15)10-19-17(3,4)5/h6-9,19H,10-11H2,1-5H3. The van der Waals surface area contributed by atoms with E-state index < -0.39 is 0 Å². The van der Waals surface area contributed by atoms with Crippen LogP contribution in [-0.4, -0.2) is 15.3 Å². The number of nitrogens with one attached hydrogen (secondary N) is 1. The van der Waals surface area contributed by atoms with Crippen molar-refractivity contribution in [3.8, 4) is 0 Å². The molecule has 3 nitrogen and oxygen atoms in total. The summed E-state index contributed by atoms with van der Waals surface area (Å²) in [5.74, 6) is 0. The van der Waals surface area contributed by atoms with Crippen molar-refractivity contribution in [3.63, 3.8) is 0 Å². The third-order valence-electron chi connectivity index (χ3n) is 3.47. The van der Waals surface area contributed by atoms with Crippen molar-refractivity contribution in [2.45, 2.75) is 53.2 Å². The number of benzene rings is 1. The van der Waals surface area contributed by atoms with E-state index in [0.29, 0.717) is 0 Å². The van der Waals surface area contributed by atoms with Gasteiger partial charge in [-0.15, -0.1) is 0 Å². The van der Waals surface area contributed by atoms with Crippen molar-refractivity contribution in [2.75, 3.05) is 0 Å². The summed E-state index contributed by atoms with van der Waals surface area (Å²) in [4.78, 5) is 0. The first kappa shape index (κ1) is 16.2. The largest absolute Gasteiger partial charge is 0.308 e. The lowest BCUT2D eigenvalue weighted by atomic mass is 10.1. The predicted octanol–water partition coefficient (Wildman–Crippen LogP) is 4.20. The van der Waals surface area contributed by atoms with E-state index in [2.05, 4.69) is 78.3 Å². The zero-order valence-corrected chi connectivity index (χ0v) is 15.1. The highest BCUT2D eigenvalue weighted by Gasteiger charge is 2.10. The van der Waals surface area contributed by atoms with E-state index >= 15 is 0 Å². The highest BCUT2D eigenvalue weighted by atomic mass is 79.9. The minimum atomic E-state index is 0.147. The zero-order chi connectivity index (χ0) is 15.6. The molecule has 1 N–H and O–H groups in total. The van der Waals surface area contributed by atoms with Crippen LogP contribution in [0.15, 0.2) is 28.7 Å². The monoisotopic (exact) mass is 349 g/mol. The molecule has 0 aliphatic carbocycles. The van der Waals surface area contributed by atoms with Gasteiger partial charge in [0.2, 0.25) is 0 Å². The SMILES string of the molecule is Cc1nn(Cc2ccc(CNC(C)(C)C)cc2)c(C)c1Br. The summed E-state index contributed by atoms with van der Waals surface area (Å²) in [7, 11) is 0. The van der Waals surface area contributed by atoms with Crippen LogP contribution in [0.1, 0.15) is 43.3 Å². The summed E-state index contributed by atoms with van der Waals surface area (Å²) in [6.45, 7) is 12.4. The van der Waals surface area contributed by atoms with E-state index in [4.69, 9.17) is 0 Å². The van der Waals surface area contributed by atoms with Crippen molar-refractivity contribution in [3.05, 3.63) is 51.3 Å². The molecule has 1 heterocycles. The Labute approximate surface area is 135 Å². The van der Waals surface area contributed by atoms with Gasteiger partial charge in [-0.25, -0.2) is 0 Å². The van der Waals surface area contributed by atoms with Crippen molar-refractivity contribution in [1.29, 1.82) is 0 Å². The molecule has 1 aromatic carbocycles. The number of rotatable bonds is 4.